The molecule has 0 aromatic carbocycles. The molecule has 2 aliphatic carbocycles. The molecule has 1 N–H and O–H groups in total. The molecular formula is C20H37NO2. The summed E-state index contributed by atoms with van der Waals surface area (Å²) in [4.78, 5) is 2.42. The van der Waals surface area contributed by atoms with E-state index in [1.54, 1.807) is 0 Å². The Morgan fingerprint density at radius 2 is 1.87 bits per heavy atom. The molecule has 1 aliphatic heterocycles. The molecule has 0 amide bonds. The molecule has 3 fully saturated rings. The van der Waals surface area contributed by atoms with Crippen molar-refractivity contribution in [2.24, 2.45) is 22.7 Å². The summed E-state index contributed by atoms with van der Waals surface area (Å²) in [5.74, 6) is 1.69. The van der Waals surface area contributed by atoms with Gasteiger partial charge in [0, 0.05) is 13.2 Å². The second-order valence-corrected chi connectivity index (χ2v) is 9.40. The predicted octanol–water partition coefficient (Wildman–Crippen LogP) is 3.70. The summed E-state index contributed by atoms with van der Waals surface area (Å²) in [6, 6.07) is 0. The number of fused-ring (bicyclic) bond motifs is 2. The van der Waals surface area contributed by atoms with Crippen molar-refractivity contribution in [1.29, 1.82) is 0 Å². The van der Waals surface area contributed by atoms with Gasteiger partial charge in [0.1, 0.15) is 0 Å². The number of likely N-dealkylation sites (tertiary alicyclic amines) is 1. The van der Waals surface area contributed by atoms with Gasteiger partial charge in [0.15, 0.2) is 0 Å². The fraction of sp³-hybridized carbons (Fsp3) is 1.00. The number of rotatable bonds is 6. The van der Waals surface area contributed by atoms with Crippen LogP contribution in [0, 0.1) is 22.7 Å². The van der Waals surface area contributed by atoms with Crippen LogP contribution in [0.15, 0.2) is 0 Å². The Morgan fingerprint density at radius 3 is 2.43 bits per heavy atom. The molecule has 2 bridgehead atoms. The van der Waals surface area contributed by atoms with Crippen molar-refractivity contribution < 1.29 is 9.84 Å². The molecule has 134 valence electrons. The van der Waals surface area contributed by atoms with Crippen LogP contribution >= 0.6 is 0 Å². The van der Waals surface area contributed by atoms with Crippen LogP contribution in [0.5, 0.6) is 0 Å². The fourth-order valence-electron chi connectivity index (χ4n) is 5.36. The minimum atomic E-state index is -0.234. The molecule has 3 rings (SSSR count). The maximum Gasteiger partial charge on any atom is 0.0689 e. The zero-order chi connectivity index (χ0) is 16.7. The first kappa shape index (κ1) is 17.7. The highest BCUT2D eigenvalue weighted by Crippen LogP contribution is 2.66. The van der Waals surface area contributed by atoms with Crippen LogP contribution in [0.25, 0.3) is 0 Å². The molecule has 23 heavy (non-hydrogen) atoms. The second kappa shape index (κ2) is 6.65. The van der Waals surface area contributed by atoms with Crippen LogP contribution in [0.1, 0.15) is 66.2 Å². The lowest BCUT2D eigenvalue weighted by atomic mass is 9.70. The molecular weight excluding hydrogens is 286 g/mol. The van der Waals surface area contributed by atoms with Crippen molar-refractivity contribution in [3.63, 3.8) is 0 Å². The standard InChI is InChI=1S/C20H37NO2/c1-15-6-10-21(11-7-15)14-17(22)8-12-23-18-13-16-5-9-20(18,4)19(16,2)3/h15-18,22H,5-14H2,1-4H3. The monoisotopic (exact) mass is 323 g/mol. The molecule has 3 aliphatic rings. The van der Waals surface area contributed by atoms with Crippen LogP contribution in [0.2, 0.25) is 0 Å². The molecule has 0 aromatic heterocycles. The lowest BCUT2D eigenvalue weighted by Crippen LogP contribution is -2.40. The smallest absolute Gasteiger partial charge is 0.0689 e. The zero-order valence-electron chi connectivity index (χ0n) is 15.7. The topological polar surface area (TPSA) is 32.7 Å². The third-order valence-electron chi connectivity index (χ3n) is 7.83. The lowest BCUT2D eigenvalue weighted by Gasteiger charge is -2.39. The van der Waals surface area contributed by atoms with Crippen LogP contribution in [-0.2, 0) is 4.74 Å². The van der Waals surface area contributed by atoms with Crippen molar-refractivity contribution in [2.45, 2.75) is 78.4 Å². The Bertz CT molecular complexity index is 402. The van der Waals surface area contributed by atoms with E-state index in [0.717, 1.165) is 37.9 Å². The molecule has 1 heterocycles. The van der Waals surface area contributed by atoms with Gasteiger partial charge in [-0.1, -0.05) is 27.7 Å². The summed E-state index contributed by atoms with van der Waals surface area (Å²) in [6.45, 7) is 13.5. The van der Waals surface area contributed by atoms with Crippen LogP contribution in [0.4, 0.5) is 0 Å². The van der Waals surface area contributed by atoms with Crippen LogP contribution in [-0.4, -0.2) is 48.5 Å². The highest BCUT2D eigenvalue weighted by atomic mass is 16.5. The van der Waals surface area contributed by atoms with Gasteiger partial charge in [-0.05, 0) is 74.3 Å². The molecule has 0 aromatic rings. The minimum Gasteiger partial charge on any atom is -0.392 e. The van der Waals surface area contributed by atoms with E-state index in [4.69, 9.17) is 4.74 Å². The van der Waals surface area contributed by atoms with Gasteiger partial charge in [-0.2, -0.15) is 0 Å². The first-order valence-electron chi connectivity index (χ1n) is 9.85. The zero-order valence-corrected chi connectivity index (χ0v) is 15.7. The van der Waals surface area contributed by atoms with Gasteiger partial charge >= 0.3 is 0 Å². The summed E-state index contributed by atoms with van der Waals surface area (Å²) < 4.78 is 6.27. The van der Waals surface area contributed by atoms with E-state index in [2.05, 4.69) is 32.6 Å². The Hall–Kier alpha value is -0.120. The number of β-amino-alcohol motifs (C(OH)–C–C–N with tert-alkyl or cyclic N) is 1. The van der Waals surface area contributed by atoms with Crippen molar-refractivity contribution in [2.75, 3.05) is 26.2 Å². The number of aliphatic hydroxyl groups is 1. The van der Waals surface area contributed by atoms with E-state index < -0.39 is 0 Å². The lowest BCUT2D eigenvalue weighted by molar-refractivity contribution is -0.0568. The second-order valence-electron chi connectivity index (χ2n) is 9.40. The Balaban J connectivity index is 1.39. The Morgan fingerprint density at radius 1 is 1.17 bits per heavy atom. The van der Waals surface area contributed by atoms with E-state index in [1.165, 1.54) is 32.1 Å². The molecule has 4 atom stereocenters. The van der Waals surface area contributed by atoms with Gasteiger partial charge in [0.25, 0.3) is 0 Å². The van der Waals surface area contributed by atoms with Crippen molar-refractivity contribution in [1.82, 2.24) is 4.90 Å². The van der Waals surface area contributed by atoms with E-state index in [1.807, 2.05) is 0 Å². The average molecular weight is 324 g/mol. The summed E-state index contributed by atoms with van der Waals surface area (Å²) in [5, 5.41) is 10.3. The quantitative estimate of drug-likeness (QED) is 0.809. The summed E-state index contributed by atoms with van der Waals surface area (Å²) in [7, 11) is 0. The third kappa shape index (κ3) is 3.34. The summed E-state index contributed by atoms with van der Waals surface area (Å²) in [5.41, 5.74) is 0.756. The normalized spacial score (nSPS) is 39.0. The molecule has 0 radical (unpaired) electrons. The average Bonchev–Trinajstić information content (AvgIpc) is 2.83. The molecule has 4 unspecified atom stereocenters. The molecule has 1 saturated heterocycles. The highest BCUT2D eigenvalue weighted by molar-refractivity contribution is 5.11. The van der Waals surface area contributed by atoms with E-state index in [0.29, 0.717) is 23.5 Å². The van der Waals surface area contributed by atoms with E-state index in [-0.39, 0.29) is 6.10 Å². The van der Waals surface area contributed by atoms with Crippen molar-refractivity contribution in [3.8, 4) is 0 Å². The maximum atomic E-state index is 10.3. The van der Waals surface area contributed by atoms with Gasteiger partial charge in [-0.3, -0.25) is 0 Å². The van der Waals surface area contributed by atoms with Gasteiger partial charge < -0.3 is 14.7 Å². The van der Waals surface area contributed by atoms with Gasteiger partial charge in [-0.25, -0.2) is 0 Å². The van der Waals surface area contributed by atoms with Gasteiger partial charge in [-0.15, -0.1) is 0 Å². The Labute approximate surface area is 142 Å². The number of nitrogens with zero attached hydrogens (tertiary/aromatic N) is 1. The number of aliphatic hydroxyl groups excluding tert-OH is 1. The first-order valence-corrected chi connectivity index (χ1v) is 9.85. The summed E-state index contributed by atoms with van der Waals surface area (Å²) >= 11 is 0. The third-order valence-corrected chi connectivity index (χ3v) is 7.83. The minimum absolute atomic E-state index is 0.234. The molecule has 0 spiro atoms. The first-order chi connectivity index (χ1) is 10.8. The fourth-order valence-corrected chi connectivity index (χ4v) is 5.36. The van der Waals surface area contributed by atoms with Gasteiger partial charge in [0.2, 0.25) is 0 Å². The molecule has 2 saturated carbocycles. The number of piperidine rings is 1. The van der Waals surface area contributed by atoms with Crippen LogP contribution < -0.4 is 0 Å². The van der Waals surface area contributed by atoms with Gasteiger partial charge in [0.05, 0.1) is 12.2 Å². The predicted molar refractivity (Wildman–Crippen MR) is 94.4 cm³/mol. The van der Waals surface area contributed by atoms with E-state index >= 15 is 0 Å². The van der Waals surface area contributed by atoms with E-state index in [9.17, 15) is 5.11 Å². The maximum absolute atomic E-state index is 10.3. The SMILES string of the molecule is CC1CCN(CC(O)CCOC2CC3CCC2(C)C3(C)C)CC1. The molecule has 3 nitrogen and oxygen atoms in total. The highest BCUT2D eigenvalue weighted by Gasteiger charge is 2.61. The largest absolute Gasteiger partial charge is 0.392 e. The number of hydrogen-bond acceptors (Lipinski definition) is 3. The molecule has 3 heteroatoms. The number of ether oxygens (including phenoxy) is 1. The van der Waals surface area contributed by atoms with Crippen molar-refractivity contribution >= 4 is 0 Å². The number of hydrogen-bond donors (Lipinski definition) is 1. The Kier molecular flexibility index (Phi) is 5.11. The van der Waals surface area contributed by atoms with Crippen LogP contribution in [0.3, 0.4) is 0 Å². The summed E-state index contributed by atoms with van der Waals surface area (Å²) in [6.07, 6.45) is 7.42. The van der Waals surface area contributed by atoms with Crippen molar-refractivity contribution in [3.05, 3.63) is 0 Å².